The fraction of sp³-hybridized carbons (Fsp3) is 0.200. The minimum absolute atomic E-state index is 0.203. The molecule has 0 fully saturated rings. The van der Waals surface area contributed by atoms with Gasteiger partial charge in [0.05, 0.1) is 22.3 Å². The van der Waals surface area contributed by atoms with Crippen LogP contribution in [0.25, 0.3) is 34.1 Å². The van der Waals surface area contributed by atoms with E-state index in [4.69, 9.17) is 4.52 Å². The quantitative estimate of drug-likeness (QED) is 0.480. The highest BCUT2D eigenvalue weighted by molar-refractivity contribution is 7.90. The van der Waals surface area contributed by atoms with Gasteiger partial charge >= 0.3 is 0 Å². The van der Waals surface area contributed by atoms with Gasteiger partial charge in [0.25, 0.3) is 5.89 Å². The predicted molar refractivity (Wildman–Crippen MR) is 108 cm³/mol. The van der Waals surface area contributed by atoms with Crippen molar-refractivity contribution in [2.75, 3.05) is 6.26 Å². The van der Waals surface area contributed by atoms with Crippen LogP contribution in [0.2, 0.25) is 0 Å². The predicted octanol–water partition coefficient (Wildman–Crippen LogP) is 3.48. The number of benzene rings is 1. The zero-order chi connectivity index (χ0) is 20.4. The van der Waals surface area contributed by atoms with Crippen LogP contribution in [0, 0.1) is 0 Å². The first kappa shape index (κ1) is 19.0. The van der Waals surface area contributed by atoms with E-state index in [1.54, 1.807) is 30.7 Å². The third-order valence-electron chi connectivity index (χ3n) is 4.41. The van der Waals surface area contributed by atoms with Crippen molar-refractivity contribution in [1.82, 2.24) is 24.9 Å². The number of rotatable bonds is 6. The summed E-state index contributed by atoms with van der Waals surface area (Å²) in [6.45, 7) is 2.83. The molecule has 0 N–H and O–H groups in total. The molecule has 4 rings (SSSR count). The van der Waals surface area contributed by atoms with Gasteiger partial charge in [-0.2, -0.15) is 10.1 Å². The Balaban J connectivity index is 1.78. The average Bonchev–Trinajstić information content (AvgIpc) is 3.35. The van der Waals surface area contributed by atoms with Crippen LogP contribution in [0.3, 0.4) is 0 Å². The Morgan fingerprint density at radius 1 is 1.10 bits per heavy atom. The van der Waals surface area contributed by atoms with Crippen molar-refractivity contribution in [1.29, 1.82) is 0 Å². The number of aromatic nitrogens is 5. The third kappa shape index (κ3) is 3.81. The van der Waals surface area contributed by atoms with Crippen LogP contribution in [-0.4, -0.2) is 39.6 Å². The second kappa shape index (κ2) is 7.59. The van der Waals surface area contributed by atoms with Gasteiger partial charge in [-0.05, 0) is 30.7 Å². The standard InChI is InChI=1S/C20H19N5O3S/c1-3-11-25-18(14-7-9-21-10-8-14)17(13-22-25)20-23-19(24-28-20)15-5-4-6-16(12-15)29(2,26)27/h4-10,12-13H,3,11H2,1-2H3. The van der Waals surface area contributed by atoms with E-state index in [1.807, 2.05) is 16.8 Å². The smallest absolute Gasteiger partial charge is 0.262 e. The van der Waals surface area contributed by atoms with Crippen LogP contribution in [-0.2, 0) is 16.4 Å². The van der Waals surface area contributed by atoms with Crippen LogP contribution in [0.5, 0.6) is 0 Å². The van der Waals surface area contributed by atoms with Crippen molar-refractivity contribution >= 4 is 9.84 Å². The molecule has 0 bridgehead atoms. The monoisotopic (exact) mass is 409 g/mol. The zero-order valence-corrected chi connectivity index (χ0v) is 16.8. The minimum Gasteiger partial charge on any atom is -0.333 e. The number of pyridine rings is 1. The van der Waals surface area contributed by atoms with Crippen molar-refractivity contribution in [2.45, 2.75) is 24.8 Å². The summed E-state index contributed by atoms with van der Waals surface area (Å²) >= 11 is 0. The second-order valence-electron chi connectivity index (χ2n) is 6.59. The molecular weight excluding hydrogens is 390 g/mol. The SMILES string of the molecule is CCCn1ncc(-c2nc(-c3cccc(S(C)(=O)=O)c3)no2)c1-c1ccncc1. The summed E-state index contributed by atoms with van der Waals surface area (Å²) in [6.07, 6.45) is 7.23. The molecule has 0 spiro atoms. The molecule has 0 saturated heterocycles. The Morgan fingerprint density at radius 3 is 2.62 bits per heavy atom. The Labute approximate surface area is 168 Å². The lowest BCUT2D eigenvalue weighted by molar-refractivity contribution is 0.432. The van der Waals surface area contributed by atoms with Crippen LogP contribution in [0.4, 0.5) is 0 Å². The number of nitrogens with zero attached hydrogens (tertiary/aromatic N) is 5. The Bertz CT molecular complexity index is 1250. The van der Waals surface area contributed by atoms with E-state index >= 15 is 0 Å². The van der Waals surface area contributed by atoms with E-state index in [2.05, 4.69) is 27.1 Å². The average molecular weight is 409 g/mol. The topological polar surface area (TPSA) is 104 Å². The molecule has 0 saturated carbocycles. The van der Waals surface area contributed by atoms with Gasteiger partial charge in [0.1, 0.15) is 0 Å². The maximum atomic E-state index is 11.8. The summed E-state index contributed by atoms with van der Waals surface area (Å²) in [4.78, 5) is 8.77. The lowest BCUT2D eigenvalue weighted by Crippen LogP contribution is -2.01. The summed E-state index contributed by atoms with van der Waals surface area (Å²) in [5.74, 6) is 0.633. The zero-order valence-electron chi connectivity index (χ0n) is 16.0. The van der Waals surface area contributed by atoms with Gasteiger partial charge in [0, 0.05) is 36.3 Å². The van der Waals surface area contributed by atoms with E-state index in [-0.39, 0.29) is 4.90 Å². The normalized spacial score (nSPS) is 11.7. The lowest BCUT2D eigenvalue weighted by Gasteiger charge is -2.07. The molecule has 0 amide bonds. The fourth-order valence-electron chi connectivity index (χ4n) is 3.05. The molecule has 0 aliphatic carbocycles. The van der Waals surface area contributed by atoms with Crippen LogP contribution >= 0.6 is 0 Å². The molecule has 1 aromatic carbocycles. The van der Waals surface area contributed by atoms with Crippen molar-refractivity contribution < 1.29 is 12.9 Å². The summed E-state index contributed by atoms with van der Waals surface area (Å²) < 4.78 is 31.1. The highest BCUT2D eigenvalue weighted by atomic mass is 32.2. The molecule has 29 heavy (non-hydrogen) atoms. The molecule has 8 nitrogen and oxygen atoms in total. The van der Waals surface area contributed by atoms with Crippen LogP contribution < -0.4 is 0 Å². The molecule has 3 aromatic heterocycles. The van der Waals surface area contributed by atoms with E-state index in [0.717, 1.165) is 30.5 Å². The van der Waals surface area contributed by atoms with Gasteiger partial charge in [-0.25, -0.2) is 8.42 Å². The first-order valence-electron chi connectivity index (χ1n) is 9.08. The Kier molecular flexibility index (Phi) is 4.98. The van der Waals surface area contributed by atoms with Crippen molar-refractivity contribution in [2.24, 2.45) is 0 Å². The van der Waals surface area contributed by atoms with Crippen LogP contribution in [0.1, 0.15) is 13.3 Å². The first-order valence-corrected chi connectivity index (χ1v) is 11.0. The van der Waals surface area contributed by atoms with E-state index in [0.29, 0.717) is 22.8 Å². The molecule has 0 unspecified atom stereocenters. The molecule has 3 heterocycles. The maximum absolute atomic E-state index is 11.8. The first-order chi connectivity index (χ1) is 14.0. The molecule has 9 heteroatoms. The highest BCUT2D eigenvalue weighted by Gasteiger charge is 2.20. The molecule has 0 aliphatic heterocycles. The minimum atomic E-state index is -3.33. The van der Waals surface area contributed by atoms with E-state index in [1.165, 1.54) is 12.1 Å². The van der Waals surface area contributed by atoms with Gasteiger partial charge in [0.15, 0.2) is 9.84 Å². The van der Waals surface area contributed by atoms with Gasteiger partial charge in [0.2, 0.25) is 5.82 Å². The second-order valence-corrected chi connectivity index (χ2v) is 8.60. The van der Waals surface area contributed by atoms with Gasteiger partial charge < -0.3 is 4.52 Å². The van der Waals surface area contributed by atoms with Gasteiger partial charge in [-0.3, -0.25) is 9.67 Å². The van der Waals surface area contributed by atoms with Gasteiger partial charge in [-0.1, -0.05) is 24.2 Å². The molecule has 4 aromatic rings. The summed E-state index contributed by atoms with van der Waals surface area (Å²) in [7, 11) is -3.33. The fourth-order valence-corrected chi connectivity index (χ4v) is 3.72. The van der Waals surface area contributed by atoms with Gasteiger partial charge in [-0.15, -0.1) is 0 Å². The Morgan fingerprint density at radius 2 is 1.90 bits per heavy atom. The van der Waals surface area contributed by atoms with E-state index in [9.17, 15) is 8.42 Å². The highest BCUT2D eigenvalue weighted by Crippen LogP contribution is 2.32. The number of hydrogen-bond donors (Lipinski definition) is 0. The summed E-state index contributed by atoms with van der Waals surface area (Å²) in [6, 6.07) is 10.3. The third-order valence-corrected chi connectivity index (χ3v) is 5.52. The molecular formula is C20H19N5O3S. The van der Waals surface area contributed by atoms with Crippen LogP contribution in [0.15, 0.2) is 64.4 Å². The lowest BCUT2D eigenvalue weighted by atomic mass is 10.1. The number of sulfone groups is 1. The Hall–Kier alpha value is -3.33. The van der Waals surface area contributed by atoms with Crippen molar-refractivity contribution in [3.8, 4) is 34.1 Å². The van der Waals surface area contributed by atoms with E-state index < -0.39 is 9.84 Å². The van der Waals surface area contributed by atoms with Crippen molar-refractivity contribution in [3.63, 3.8) is 0 Å². The summed E-state index contributed by atoms with van der Waals surface area (Å²) in [5, 5.41) is 8.52. The molecule has 0 atom stereocenters. The van der Waals surface area contributed by atoms with Crippen molar-refractivity contribution in [3.05, 3.63) is 55.0 Å². The number of hydrogen-bond acceptors (Lipinski definition) is 7. The molecule has 148 valence electrons. The summed E-state index contributed by atoms with van der Waals surface area (Å²) in [5.41, 5.74) is 3.09. The largest absolute Gasteiger partial charge is 0.333 e. The molecule has 0 radical (unpaired) electrons. The molecule has 0 aliphatic rings. The maximum Gasteiger partial charge on any atom is 0.262 e. The number of aryl methyl sites for hydroxylation is 1.